The van der Waals surface area contributed by atoms with Crippen LogP contribution < -0.4 is 15.4 Å². The van der Waals surface area contributed by atoms with Crippen LogP contribution in [0.25, 0.3) is 0 Å². The minimum Gasteiger partial charge on any atom is -0.483 e. The molecule has 7 nitrogen and oxygen atoms in total. The van der Waals surface area contributed by atoms with Crippen molar-refractivity contribution in [3.05, 3.63) is 45.8 Å². The van der Waals surface area contributed by atoms with Crippen LogP contribution in [0.5, 0.6) is 5.75 Å². The van der Waals surface area contributed by atoms with E-state index in [1.807, 2.05) is 32.0 Å². The lowest BCUT2D eigenvalue weighted by molar-refractivity contribution is -0.118. The molecule has 8 heteroatoms. The number of amides is 2. The Bertz CT molecular complexity index is 875. The normalized spacial score (nSPS) is 10.3. The van der Waals surface area contributed by atoms with Gasteiger partial charge in [0.25, 0.3) is 11.8 Å². The first-order chi connectivity index (χ1) is 13.4. The molecule has 1 heterocycles. The van der Waals surface area contributed by atoms with Gasteiger partial charge in [0.15, 0.2) is 6.61 Å². The van der Waals surface area contributed by atoms with Crippen molar-refractivity contribution in [2.75, 3.05) is 25.6 Å². The molecule has 0 saturated heterocycles. The fraction of sp³-hybridized carbons (Fsp3) is 0.350. The summed E-state index contributed by atoms with van der Waals surface area (Å²) in [6.45, 7) is 5.78. The van der Waals surface area contributed by atoms with Gasteiger partial charge in [0.05, 0.1) is 17.6 Å². The highest BCUT2D eigenvalue weighted by Crippen LogP contribution is 2.33. The number of anilines is 1. The van der Waals surface area contributed by atoms with Crippen LogP contribution in [-0.2, 0) is 9.53 Å². The van der Waals surface area contributed by atoms with Crippen molar-refractivity contribution in [2.24, 2.45) is 0 Å². The molecule has 0 aliphatic heterocycles. The molecule has 2 amide bonds. The van der Waals surface area contributed by atoms with E-state index >= 15 is 0 Å². The molecule has 0 unspecified atom stereocenters. The maximum Gasteiger partial charge on any atom is 0.341 e. The smallest absolute Gasteiger partial charge is 0.341 e. The van der Waals surface area contributed by atoms with Gasteiger partial charge in [-0.2, -0.15) is 0 Å². The highest BCUT2D eigenvalue weighted by molar-refractivity contribution is 7.18. The van der Waals surface area contributed by atoms with E-state index in [1.54, 1.807) is 13.0 Å². The first kappa shape index (κ1) is 21.4. The lowest BCUT2D eigenvalue weighted by atomic mass is 10.1. The molecule has 2 rings (SSSR count). The first-order valence-electron chi connectivity index (χ1n) is 8.87. The van der Waals surface area contributed by atoms with Crippen LogP contribution in [0.4, 0.5) is 5.00 Å². The van der Waals surface area contributed by atoms with Gasteiger partial charge in [0, 0.05) is 6.54 Å². The number of thiophene rings is 1. The molecule has 2 N–H and O–H groups in total. The number of nitrogens with one attached hydrogen (secondary N) is 2. The Morgan fingerprint density at radius 3 is 2.50 bits per heavy atom. The van der Waals surface area contributed by atoms with E-state index in [1.165, 1.54) is 7.11 Å². The van der Waals surface area contributed by atoms with Gasteiger partial charge >= 0.3 is 5.97 Å². The van der Waals surface area contributed by atoms with Crippen molar-refractivity contribution in [3.8, 4) is 5.75 Å². The van der Waals surface area contributed by atoms with E-state index in [9.17, 15) is 14.4 Å². The zero-order valence-corrected chi connectivity index (χ0v) is 17.2. The zero-order valence-electron chi connectivity index (χ0n) is 16.4. The summed E-state index contributed by atoms with van der Waals surface area (Å²) in [4.78, 5) is 37.2. The number of ether oxygens (including phenoxy) is 2. The second-order valence-corrected chi connectivity index (χ2v) is 7.13. The largest absolute Gasteiger partial charge is 0.483 e. The molecular formula is C20H24N2O5S. The zero-order chi connectivity index (χ0) is 20.7. The fourth-order valence-corrected chi connectivity index (χ4v) is 3.64. The van der Waals surface area contributed by atoms with Crippen LogP contribution in [0.3, 0.4) is 0 Å². The minimum atomic E-state index is -0.613. The fourth-order valence-electron chi connectivity index (χ4n) is 2.51. The molecule has 1 aromatic carbocycles. The molecule has 2 aromatic rings. The standard InChI is InChI=1S/C20H24N2O5S/c1-5-10-21-18(24)17-13(3)16(20(25)26-4)19(28-17)22-15(23)11-27-14-9-7-6-8-12(14)2/h6-9H,5,10-11H2,1-4H3,(H,21,24)(H,22,23). The summed E-state index contributed by atoms with van der Waals surface area (Å²) in [6.07, 6.45) is 0.792. The van der Waals surface area contributed by atoms with Crippen LogP contribution in [0.1, 0.15) is 44.5 Å². The average Bonchev–Trinajstić information content (AvgIpc) is 3.00. The quantitative estimate of drug-likeness (QED) is 0.659. The average molecular weight is 404 g/mol. The van der Waals surface area contributed by atoms with Crippen LogP contribution in [0, 0.1) is 13.8 Å². The lowest BCUT2D eigenvalue weighted by Gasteiger charge is -2.09. The Hall–Kier alpha value is -2.87. The van der Waals surface area contributed by atoms with E-state index in [0.29, 0.717) is 22.7 Å². The number of carbonyl (C=O) groups is 3. The molecule has 28 heavy (non-hydrogen) atoms. The number of para-hydroxylation sites is 1. The van der Waals surface area contributed by atoms with Crippen molar-refractivity contribution < 1.29 is 23.9 Å². The molecule has 0 bridgehead atoms. The molecule has 0 aliphatic rings. The molecule has 0 saturated carbocycles. The van der Waals surface area contributed by atoms with Gasteiger partial charge in [-0.25, -0.2) is 4.79 Å². The first-order valence-corrected chi connectivity index (χ1v) is 9.68. The summed E-state index contributed by atoms with van der Waals surface area (Å²) in [7, 11) is 1.25. The Labute approximate surface area is 168 Å². The van der Waals surface area contributed by atoms with Crippen molar-refractivity contribution in [1.82, 2.24) is 5.32 Å². The Balaban J connectivity index is 2.18. The lowest BCUT2D eigenvalue weighted by Crippen LogP contribution is -2.23. The van der Waals surface area contributed by atoms with E-state index < -0.39 is 11.9 Å². The number of aryl methyl sites for hydroxylation is 1. The number of rotatable bonds is 8. The second-order valence-electron chi connectivity index (χ2n) is 6.11. The predicted molar refractivity (Wildman–Crippen MR) is 108 cm³/mol. The van der Waals surface area contributed by atoms with Gasteiger partial charge in [0.2, 0.25) is 0 Å². The Morgan fingerprint density at radius 1 is 1.14 bits per heavy atom. The van der Waals surface area contributed by atoms with Gasteiger partial charge in [-0.3, -0.25) is 9.59 Å². The van der Waals surface area contributed by atoms with Crippen LogP contribution in [0.15, 0.2) is 24.3 Å². The number of carbonyl (C=O) groups excluding carboxylic acids is 3. The van der Waals surface area contributed by atoms with E-state index in [2.05, 4.69) is 10.6 Å². The highest BCUT2D eigenvalue weighted by Gasteiger charge is 2.26. The van der Waals surface area contributed by atoms with Gasteiger partial charge < -0.3 is 20.1 Å². The number of esters is 1. The number of benzene rings is 1. The van der Waals surface area contributed by atoms with Crippen LogP contribution in [-0.4, -0.2) is 38.0 Å². The molecule has 0 fully saturated rings. The van der Waals surface area contributed by atoms with Crippen LogP contribution in [0.2, 0.25) is 0 Å². The van der Waals surface area contributed by atoms with Crippen molar-refractivity contribution in [1.29, 1.82) is 0 Å². The molecule has 0 atom stereocenters. The molecule has 0 radical (unpaired) electrons. The minimum absolute atomic E-state index is 0.179. The topological polar surface area (TPSA) is 93.7 Å². The summed E-state index contributed by atoms with van der Waals surface area (Å²) in [5.74, 6) is -0.729. The molecule has 0 aliphatic carbocycles. The Kier molecular flexibility index (Phi) is 7.57. The molecule has 1 aromatic heterocycles. The number of hydrogen-bond acceptors (Lipinski definition) is 6. The second kappa shape index (κ2) is 9.89. The van der Waals surface area contributed by atoms with Gasteiger partial charge in [0.1, 0.15) is 10.8 Å². The van der Waals surface area contributed by atoms with E-state index in [4.69, 9.17) is 9.47 Å². The molecule has 150 valence electrons. The monoisotopic (exact) mass is 404 g/mol. The summed E-state index contributed by atoms with van der Waals surface area (Å²) >= 11 is 1.04. The highest BCUT2D eigenvalue weighted by atomic mass is 32.1. The third-order valence-electron chi connectivity index (χ3n) is 3.98. The van der Waals surface area contributed by atoms with Crippen LogP contribution >= 0.6 is 11.3 Å². The van der Waals surface area contributed by atoms with E-state index in [0.717, 1.165) is 23.3 Å². The Morgan fingerprint density at radius 2 is 1.86 bits per heavy atom. The molecular weight excluding hydrogens is 380 g/mol. The van der Waals surface area contributed by atoms with Crippen molar-refractivity contribution in [3.63, 3.8) is 0 Å². The summed E-state index contributed by atoms with van der Waals surface area (Å²) in [5.41, 5.74) is 1.56. The third-order valence-corrected chi connectivity index (χ3v) is 5.19. The number of hydrogen-bond donors (Lipinski definition) is 2. The van der Waals surface area contributed by atoms with Gasteiger partial charge in [-0.15, -0.1) is 11.3 Å². The third kappa shape index (κ3) is 5.10. The van der Waals surface area contributed by atoms with Gasteiger partial charge in [-0.1, -0.05) is 25.1 Å². The summed E-state index contributed by atoms with van der Waals surface area (Å²) in [5, 5.41) is 5.70. The maximum atomic E-state index is 12.3. The SMILES string of the molecule is CCCNC(=O)c1sc(NC(=O)COc2ccccc2C)c(C(=O)OC)c1C. The predicted octanol–water partition coefficient (Wildman–Crippen LogP) is 3.31. The maximum absolute atomic E-state index is 12.3. The van der Waals surface area contributed by atoms with E-state index in [-0.39, 0.29) is 23.1 Å². The van der Waals surface area contributed by atoms with Crippen molar-refractivity contribution >= 4 is 34.1 Å². The molecule has 0 spiro atoms. The summed E-state index contributed by atoms with van der Waals surface area (Å²) in [6, 6.07) is 7.35. The summed E-state index contributed by atoms with van der Waals surface area (Å²) < 4.78 is 10.3. The van der Waals surface area contributed by atoms with Gasteiger partial charge in [-0.05, 0) is 37.5 Å². The number of methoxy groups -OCH3 is 1. The van der Waals surface area contributed by atoms with Crippen molar-refractivity contribution in [2.45, 2.75) is 27.2 Å².